The van der Waals surface area contributed by atoms with Crippen molar-refractivity contribution < 1.29 is 4.79 Å². The normalized spacial score (nSPS) is 16.5. The molecule has 8 heteroatoms. The summed E-state index contributed by atoms with van der Waals surface area (Å²) in [6, 6.07) is 7.78. The molecule has 0 fully saturated rings. The van der Waals surface area contributed by atoms with Crippen molar-refractivity contribution in [1.82, 2.24) is 14.5 Å². The Hall–Kier alpha value is -2.19. The topological polar surface area (TPSA) is 76.9 Å². The van der Waals surface area contributed by atoms with Gasteiger partial charge in [-0.3, -0.25) is 14.2 Å². The summed E-state index contributed by atoms with van der Waals surface area (Å²) in [5.74, 6) is 0.216. The highest BCUT2D eigenvalue weighted by molar-refractivity contribution is 7.99. The fourth-order valence-electron chi connectivity index (χ4n) is 3.09. The van der Waals surface area contributed by atoms with Gasteiger partial charge >= 0.3 is 0 Å². The lowest BCUT2D eigenvalue weighted by molar-refractivity contribution is -0.119. The summed E-state index contributed by atoms with van der Waals surface area (Å²) in [4.78, 5) is 34.4. The number of carbonyl (C=O) groups excluding carboxylic acids is 1. The summed E-state index contributed by atoms with van der Waals surface area (Å²) in [6.45, 7) is 4.18. The Morgan fingerprint density at radius 2 is 2.15 bits per heavy atom. The SMILES string of the molecule is CCc1c(C)nc2n(c1=O)C[C@@H](C(=O)Nc1nc3ccccc3s1)CS2. The highest BCUT2D eigenvalue weighted by Crippen LogP contribution is 2.29. The zero-order valence-electron chi connectivity index (χ0n) is 14.5. The lowest BCUT2D eigenvalue weighted by atomic mass is 10.1. The number of aryl methyl sites for hydroxylation is 1. The van der Waals surface area contributed by atoms with Crippen LogP contribution in [0.1, 0.15) is 18.2 Å². The van der Waals surface area contributed by atoms with Crippen LogP contribution in [0, 0.1) is 12.8 Å². The quantitative estimate of drug-likeness (QED) is 0.700. The van der Waals surface area contributed by atoms with Gasteiger partial charge in [0.2, 0.25) is 5.91 Å². The number of amides is 1. The minimum absolute atomic E-state index is 0.0278. The fraction of sp³-hybridized carbons (Fsp3) is 0.333. The van der Waals surface area contributed by atoms with E-state index in [0.29, 0.717) is 29.0 Å². The molecule has 134 valence electrons. The number of thiazole rings is 1. The number of hydrogen-bond acceptors (Lipinski definition) is 6. The zero-order valence-corrected chi connectivity index (χ0v) is 16.1. The molecule has 4 rings (SSSR count). The van der Waals surface area contributed by atoms with Crippen LogP contribution in [-0.4, -0.2) is 26.2 Å². The van der Waals surface area contributed by atoms with Crippen LogP contribution < -0.4 is 10.9 Å². The van der Waals surface area contributed by atoms with Crippen LogP contribution in [0.4, 0.5) is 5.13 Å². The van der Waals surface area contributed by atoms with Gasteiger partial charge in [0.1, 0.15) is 0 Å². The van der Waals surface area contributed by atoms with Gasteiger partial charge in [-0.05, 0) is 25.5 Å². The minimum atomic E-state index is -0.286. The van der Waals surface area contributed by atoms with E-state index in [0.717, 1.165) is 21.5 Å². The average Bonchev–Trinajstić information content (AvgIpc) is 3.04. The van der Waals surface area contributed by atoms with E-state index in [1.54, 1.807) is 4.57 Å². The number of carbonyl (C=O) groups is 1. The maximum absolute atomic E-state index is 12.7. The Morgan fingerprint density at radius 3 is 2.92 bits per heavy atom. The monoisotopic (exact) mass is 386 g/mol. The van der Waals surface area contributed by atoms with E-state index in [1.165, 1.54) is 23.1 Å². The van der Waals surface area contributed by atoms with Gasteiger partial charge in [0, 0.05) is 23.6 Å². The third-order valence-electron chi connectivity index (χ3n) is 4.50. The molecule has 0 saturated carbocycles. The second-order valence-corrected chi connectivity index (χ2v) is 8.23. The predicted molar refractivity (Wildman–Crippen MR) is 105 cm³/mol. The van der Waals surface area contributed by atoms with E-state index in [9.17, 15) is 9.59 Å². The smallest absolute Gasteiger partial charge is 0.257 e. The summed E-state index contributed by atoms with van der Waals surface area (Å²) < 4.78 is 2.68. The molecule has 3 heterocycles. The van der Waals surface area contributed by atoms with E-state index in [2.05, 4.69) is 15.3 Å². The minimum Gasteiger partial charge on any atom is -0.302 e. The molecule has 26 heavy (non-hydrogen) atoms. The van der Waals surface area contributed by atoms with Gasteiger partial charge in [0.05, 0.1) is 16.1 Å². The van der Waals surface area contributed by atoms with Crippen LogP contribution in [-0.2, 0) is 17.8 Å². The summed E-state index contributed by atoms with van der Waals surface area (Å²) in [5.41, 5.74) is 2.36. The highest BCUT2D eigenvalue weighted by Gasteiger charge is 2.28. The van der Waals surface area contributed by atoms with Crippen LogP contribution in [0.15, 0.2) is 34.2 Å². The van der Waals surface area contributed by atoms with Gasteiger partial charge in [0.15, 0.2) is 10.3 Å². The van der Waals surface area contributed by atoms with Crippen molar-refractivity contribution in [3.05, 3.63) is 45.9 Å². The number of thioether (sulfide) groups is 1. The molecule has 0 aliphatic carbocycles. The first-order valence-corrected chi connectivity index (χ1v) is 10.3. The van der Waals surface area contributed by atoms with E-state index in [4.69, 9.17) is 0 Å². The van der Waals surface area contributed by atoms with Crippen molar-refractivity contribution in [2.24, 2.45) is 5.92 Å². The average molecular weight is 387 g/mol. The number of nitrogens with zero attached hydrogens (tertiary/aromatic N) is 3. The molecule has 0 spiro atoms. The van der Waals surface area contributed by atoms with Crippen molar-refractivity contribution in [2.45, 2.75) is 32.0 Å². The van der Waals surface area contributed by atoms with Crippen molar-refractivity contribution in [3.8, 4) is 0 Å². The molecule has 1 amide bonds. The molecule has 6 nitrogen and oxygen atoms in total. The number of aromatic nitrogens is 3. The summed E-state index contributed by atoms with van der Waals surface area (Å²) >= 11 is 2.92. The molecule has 0 unspecified atom stereocenters. The van der Waals surface area contributed by atoms with E-state index in [-0.39, 0.29) is 17.4 Å². The number of para-hydroxylation sites is 1. The summed E-state index contributed by atoms with van der Waals surface area (Å²) in [5, 5.41) is 4.21. The molecular weight excluding hydrogens is 368 g/mol. The molecule has 3 aromatic rings. The molecule has 1 aliphatic rings. The number of rotatable bonds is 3. The number of nitrogens with one attached hydrogen (secondary N) is 1. The van der Waals surface area contributed by atoms with Crippen LogP contribution in [0.2, 0.25) is 0 Å². The third-order valence-corrected chi connectivity index (χ3v) is 6.59. The Kier molecular flexibility index (Phi) is 4.54. The largest absolute Gasteiger partial charge is 0.302 e. The van der Waals surface area contributed by atoms with Crippen LogP contribution in [0.25, 0.3) is 10.2 Å². The number of hydrogen-bond donors (Lipinski definition) is 1. The maximum Gasteiger partial charge on any atom is 0.257 e. The molecule has 1 N–H and O–H groups in total. The zero-order chi connectivity index (χ0) is 18.3. The highest BCUT2D eigenvalue weighted by atomic mass is 32.2. The van der Waals surface area contributed by atoms with Gasteiger partial charge in [0.25, 0.3) is 5.56 Å². The Bertz CT molecular complexity index is 1020. The molecule has 1 atom stereocenters. The first kappa shape index (κ1) is 17.2. The van der Waals surface area contributed by atoms with Gasteiger partial charge < -0.3 is 5.32 Å². The first-order chi connectivity index (χ1) is 12.6. The van der Waals surface area contributed by atoms with Crippen LogP contribution >= 0.6 is 23.1 Å². The van der Waals surface area contributed by atoms with Crippen LogP contribution in [0.5, 0.6) is 0 Å². The second kappa shape index (κ2) is 6.85. The van der Waals surface area contributed by atoms with E-state index < -0.39 is 0 Å². The van der Waals surface area contributed by atoms with Gasteiger partial charge in [-0.15, -0.1) is 0 Å². The van der Waals surface area contributed by atoms with Crippen molar-refractivity contribution in [3.63, 3.8) is 0 Å². The third kappa shape index (κ3) is 3.03. The maximum atomic E-state index is 12.7. The van der Waals surface area contributed by atoms with Crippen molar-refractivity contribution in [1.29, 1.82) is 0 Å². The molecule has 1 aliphatic heterocycles. The Balaban J connectivity index is 1.56. The summed E-state index contributed by atoms with van der Waals surface area (Å²) in [7, 11) is 0. The number of fused-ring (bicyclic) bond motifs is 2. The second-order valence-electron chi connectivity index (χ2n) is 6.21. The molecule has 0 saturated heterocycles. The fourth-order valence-corrected chi connectivity index (χ4v) is 5.08. The van der Waals surface area contributed by atoms with Gasteiger partial charge in [-0.1, -0.05) is 42.2 Å². The first-order valence-electron chi connectivity index (χ1n) is 8.46. The van der Waals surface area contributed by atoms with E-state index >= 15 is 0 Å². The standard InChI is InChI=1S/C18H18N4O2S2/c1-3-12-10(2)19-18-22(16(12)24)8-11(9-25-18)15(23)21-17-20-13-6-4-5-7-14(13)26-17/h4-7,11H,3,8-9H2,1-2H3,(H,20,21,23)/t11-/m1/s1. The van der Waals surface area contributed by atoms with Crippen molar-refractivity contribution >= 4 is 44.4 Å². The molecular formula is C18H18N4O2S2. The number of benzene rings is 1. The summed E-state index contributed by atoms with van der Waals surface area (Å²) in [6.07, 6.45) is 0.644. The lowest BCUT2D eigenvalue weighted by Crippen LogP contribution is -2.38. The van der Waals surface area contributed by atoms with Crippen molar-refractivity contribution in [2.75, 3.05) is 11.1 Å². The Morgan fingerprint density at radius 1 is 1.35 bits per heavy atom. The molecule has 2 aromatic heterocycles. The molecule has 0 bridgehead atoms. The predicted octanol–water partition coefficient (Wildman–Crippen LogP) is 3.08. The number of anilines is 1. The van der Waals surface area contributed by atoms with Crippen LogP contribution in [0.3, 0.4) is 0 Å². The molecule has 0 radical (unpaired) electrons. The molecule has 1 aromatic carbocycles. The lowest BCUT2D eigenvalue weighted by Gasteiger charge is -2.24. The van der Waals surface area contributed by atoms with Gasteiger partial charge in [-0.2, -0.15) is 0 Å². The van der Waals surface area contributed by atoms with Gasteiger partial charge in [-0.25, -0.2) is 9.97 Å². The van der Waals surface area contributed by atoms with E-state index in [1.807, 2.05) is 38.1 Å². The Labute approximate surface area is 158 Å².